The van der Waals surface area contributed by atoms with Gasteiger partial charge in [-0.2, -0.15) is 13.2 Å². The molecule has 0 aromatic heterocycles. The Morgan fingerprint density at radius 1 is 1.40 bits per heavy atom. The van der Waals surface area contributed by atoms with E-state index in [2.05, 4.69) is 12.2 Å². The van der Waals surface area contributed by atoms with Gasteiger partial charge in [-0.15, -0.1) is 0 Å². The molecule has 116 valence electrons. The average Bonchev–Trinajstić information content (AvgIpc) is 2.36. The number of hydrogen-bond donors (Lipinski definition) is 4. The van der Waals surface area contributed by atoms with Crippen molar-refractivity contribution in [2.75, 3.05) is 6.54 Å². The average molecular weight is 294 g/mol. The number of amides is 2. The van der Waals surface area contributed by atoms with Gasteiger partial charge in [-0.05, 0) is 31.6 Å². The molecule has 0 aromatic carbocycles. The molecule has 0 aromatic rings. The van der Waals surface area contributed by atoms with Crippen molar-refractivity contribution in [3.63, 3.8) is 0 Å². The maximum atomic E-state index is 12.0. The molecule has 5 N–H and O–H groups in total. The highest BCUT2D eigenvalue weighted by molar-refractivity contribution is 5.91. The lowest BCUT2D eigenvalue weighted by molar-refractivity contribution is -0.122. The summed E-state index contributed by atoms with van der Waals surface area (Å²) in [6.45, 7) is 0.666. The molecule has 0 atom stereocenters. The number of urea groups is 1. The van der Waals surface area contributed by atoms with Gasteiger partial charge in [-0.25, -0.2) is 4.79 Å². The predicted molar refractivity (Wildman–Crippen MR) is 69.5 cm³/mol. The maximum absolute atomic E-state index is 12.0. The molecule has 1 rings (SSSR count). The summed E-state index contributed by atoms with van der Waals surface area (Å²) in [6, 6.07) is -0.938. The van der Waals surface area contributed by atoms with Crippen molar-refractivity contribution in [1.29, 1.82) is 5.41 Å². The van der Waals surface area contributed by atoms with Crippen LogP contribution in [0.1, 0.15) is 39.0 Å². The van der Waals surface area contributed by atoms with Crippen LogP contribution in [0.25, 0.3) is 0 Å². The zero-order valence-corrected chi connectivity index (χ0v) is 11.4. The van der Waals surface area contributed by atoms with Gasteiger partial charge >= 0.3 is 12.2 Å². The molecule has 1 aliphatic carbocycles. The first-order valence-corrected chi connectivity index (χ1v) is 6.66. The normalized spacial score (nSPS) is 26.9. The Hall–Kier alpha value is -1.47. The van der Waals surface area contributed by atoms with Crippen molar-refractivity contribution in [3.8, 4) is 0 Å². The summed E-state index contributed by atoms with van der Waals surface area (Å²) in [5, 5.41) is 11.8. The van der Waals surface area contributed by atoms with Gasteiger partial charge in [0.1, 0.15) is 12.4 Å². The molecular formula is C12H21F3N4O. The largest absolute Gasteiger partial charge is 0.405 e. The summed E-state index contributed by atoms with van der Waals surface area (Å²) in [5.41, 5.74) is 4.53. The Bertz CT molecular complexity index is 362. The van der Waals surface area contributed by atoms with Gasteiger partial charge < -0.3 is 16.4 Å². The Kier molecular flexibility index (Phi) is 5.24. The smallest absolute Gasteiger partial charge is 0.386 e. The lowest BCUT2D eigenvalue weighted by Crippen LogP contribution is -2.61. The van der Waals surface area contributed by atoms with E-state index in [1.165, 1.54) is 0 Å². The van der Waals surface area contributed by atoms with Crippen molar-refractivity contribution < 1.29 is 18.0 Å². The van der Waals surface area contributed by atoms with E-state index >= 15 is 0 Å². The van der Waals surface area contributed by atoms with Crippen LogP contribution in [-0.4, -0.2) is 30.1 Å². The number of carbonyl (C=O) groups is 1. The Balaban J connectivity index is 2.60. The minimum atomic E-state index is -4.46. The SMILES string of the molecule is CCC1CCC(NC(=O)NCC(F)(F)F)(C(=N)N)CC1. The Labute approximate surface area is 116 Å². The quantitative estimate of drug-likeness (QED) is 0.472. The fraction of sp³-hybridized carbons (Fsp3) is 0.833. The third-order valence-electron chi connectivity index (χ3n) is 3.85. The summed E-state index contributed by atoms with van der Waals surface area (Å²) in [4.78, 5) is 11.5. The van der Waals surface area contributed by atoms with Crippen molar-refractivity contribution in [1.82, 2.24) is 10.6 Å². The van der Waals surface area contributed by atoms with Gasteiger partial charge in [-0.1, -0.05) is 13.3 Å². The van der Waals surface area contributed by atoms with E-state index in [4.69, 9.17) is 11.1 Å². The number of carbonyl (C=O) groups excluding carboxylic acids is 1. The standard InChI is InChI=1S/C12H21F3N4O/c1-2-8-3-5-11(6-4-8,9(16)17)19-10(20)18-7-12(13,14)15/h8H,2-7H2,1H3,(H3,16,17)(H2,18,19,20). The molecule has 1 aliphatic rings. The zero-order valence-electron chi connectivity index (χ0n) is 11.4. The molecule has 5 nitrogen and oxygen atoms in total. The first-order valence-electron chi connectivity index (χ1n) is 6.66. The molecule has 0 spiro atoms. The molecule has 20 heavy (non-hydrogen) atoms. The van der Waals surface area contributed by atoms with Crippen LogP contribution in [-0.2, 0) is 0 Å². The van der Waals surface area contributed by atoms with E-state index < -0.39 is 24.3 Å². The van der Waals surface area contributed by atoms with E-state index in [1.807, 2.05) is 0 Å². The third-order valence-corrected chi connectivity index (χ3v) is 3.85. The zero-order chi connectivity index (χ0) is 15.4. The molecule has 2 amide bonds. The topological polar surface area (TPSA) is 91.0 Å². The monoisotopic (exact) mass is 294 g/mol. The van der Waals surface area contributed by atoms with Gasteiger partial charge in [-0.3, -0.25) is 5.41 Å². The van der Waals surface area contributed by atoms with Crippen LogP contribution in [0.5, 0.6) is 0 Å². The molecule has 1 fully saturated rings. The molecule has 8 heteroatoms. The van der Waals surface area contributed by atoms with Crippen molar-refractivity contribution in [2.24, 2.45) is 11.7 Å². The summed E-state index contributed by atoms with van der Waals surface area (Å²) >= 11 is 0. The van der Waals surface area contributed by atoms with Gasteiger partial charge in [0.2, 0.25) is 0 Å². The molecule has 0 heterocycles. The van der Waals surface area contributed by atoms with Gasteiger partial charge in [0.25, 0.3) is 0 Å². The first-order chi connectivity index (χ1) is 9.18. The second kappa shape index (κ2) is 6.32. The summed E-state index contributed by atoms with van der Waals surface area (Å²) in [5.74, 6) is 0.316. The van der Waals surface area contributed by atoms with Crippen molar-refractivity contribution >= 4 is 11.9 Å². The lowest BCUT2D eigenvalue weighted by atomic mass is 9.75. The van der Waals surface area contributed by atoms with Crippen LogP contribution >= 0.6 is 0 Å². The van der Waals surface area contributed by atoms with E-state index in [-0.39, 0.29) is 5.84 Å². The van der Waals surface area contributed by atoms with Crippen LogP contribution in [0.2, 0.25) is 0 Å². The summed E-state index contributed by atoms with van der Waals surface area (Å²) in [6.07, 6.45) is -0.874. The Morgan fingerprint density at radius 3 is 2.35 bits per heavy atom. The minimum Gasteiger partial charge on any atom is -0.386 e. The minimum absolute atomic E-state index is 0.200. The van der Waals surface area contributed by atoms with Crippen molar-refractivity contribution in [3.05, 3.63) is 0 Å². The fourth-order valence-electron chi connectivity index (χ4n) is 2.48. The van der Waals surface area contributed by atoms with E-state index in [1.54, 1.807) is 5.32 Å². The number of alkyl halides is 3. The number of halogens is 3. The highest BCUT2D eigenvalue weighted by Crippen LogP contribution is 2.33. The lowest BCUT2D eigenvalue weighted by Gasteiger charge is -2.39. The van der Waals surface area contributed by atoms with Gasteiger partial charge in [0, 0.05) is 0 Å². The van der Waals surface area contributed by atoms with Crippen LogP contribution in [0, 0.1) is 11.3 Å². The van der Waals surface area contributed by atoms with Crippen LogP contribution in [0.15, 0.2) is 0 Å². The highest BCUT2D eigenvalue weighted by Gasteiger charge is 2.39. The second-order valence-electron chi connectivity index (χ2n) is 5.27. The maximum Gasteiger partial charge on any atom is 0.405 e. The van der Waals surface area contributed by atoms with E-state index in [9.17, 15) is 18.0 Å². The van der Waals surface area contributed by atoms with Crippen LogP contribution in [0.3, 0.4) is 0 Å². The highest BCUT2D eigenvalue weighted by atomic mass is 19.4. The summed E-state index contributed by atoms with van der Waals surface area (Å²) in [7, 11) is 0. The second-order valence-corrected chi connectivity index (χ2v) is 5.27. The van der Waals surface area contributed by atoms with Gasteiger partial charge in [0.05, 0.1) is 5.54 Å². The predicted octanol–water partition coefficient (Wildman–Crippen LogP) is 2.12. The molecule has 0 bridgehead atoms. The summed E-state index contributed by atoms with van der Waals surface area (Å²) < 4.78 is 36.1. The molecule has 0 unspecified atom stereocenters. The molecule has 0 saturated heterocycles. The molecular weight excluding hydrogens is 273 g/mol. The first kappa shape index (κ1) is 16.6. The molecule has 0 radical (unpaired) electrons. The van der Waals surface area contributed by atoms with Gasteiger partial charge in [0.15, 0.2) is 0 Å². The molecule has 1 saturated carbocycles. The van der Waals surface area contributed by atoms with Crippen LogP contribution in [0.4, 0.5) is 18.0 Å². The number of hydrogen-bond acceptors (Lipinski definition) is 2. The Morgan fingerprint density at radius 2 is 1.95 bits per heavy atom. The fourth-order valence-corrected chi connectivity index (χ4v) is 2.48. The van der Waals surface area contributed by atoms with Crippen LogP contribution < -0.4 is 16.4 Å². The van der Waals surface area contributed by atoms with E-state index in [0.717, 1.165) is 19.3 Å². The molecule has 0 aliphatic heterocycles. The van der Waals surface area contributed by atoms with Crippen molar-refractivity contribution in [2.45, 2.75) is 50.7 Å². The number of nitrogens with two attached hydrogens (primary N) is 1. The number of rotatable bonds is 4. The van der Waals surface area contributed by atoms with E-state index in [0.29, 0.717) is 18.8 Å². The third kappa shape index (κ3) is 4.57. The number of amidine groups is 1. The number of nitrogens with one attached hydrogen (secondary N) is 3.